The van der Waals surface area contributed by atoms with E-state index in [1.54, 1.807) is 6.21 Å². The molecule has 0 aliphatic heterocycles. The summed E-state index contributed by atoms with van der Waals surface area (Å²) in [4.78, 5) is 5.82. The molecule has 11 heavy (non-hydrogen) atoms. The zero-order valence-electron chi connectivity index (χ0n) is 6.57. The number of aryl methyl sites for hydroxylation is 1. The smallest absolute Gasteiger partial charge is 0.114 e. The van der Waals surface area contributed by atoms with Gasteiger partial charge in [0.2, 0.25) is 0 Å². The first-order valence-electron chi connectivity index (χ1n) is 3.41. The Labute approximate surface area is 69.9 Å². The van der Waals surface area contributed by atoms with E-state index in [1.807, 2.05) is 19.9 Å². The molecule has 0 unspecified atom stereocenters. The second-order valence-corrected chi connectivity index (χ2v) is 2.86. The van der Waals surface area contributed by atoms with Crippen molar-refractivity contribution in [2.75, 3.05) is 6.61 Å². The van der Waals surface area contributed by atoms with Gasteiger partial charge < -0.3 is 4.84 Å². The predicted molar refractivity (Wildman–Crippen MR) is 46.1 cm³/mol. The van der Waals surface area contributed by atoms with Crippen LogP contribution < -0.4 is 0 Å². The van der Waals surface area contributed by atoms with Crippen molar-refractivity contribution in [1.82, 2.24) is 4.37 Å². The Morgan fingerprint density at radius 1 is 1.82 bits per heavy atom. The van der Waals surface area contributed by atoms with Crippen LogP contribution in [0.4, 0.5) is 0 Å². The molecule has 0 spiro atoms. The Kier molecular flexibility index (Phi) is 3.04. The molecule has 60 valence electrons. The SMILES string of the molecule is CCO/N=C/c1cc(C)ns1. The van der Waals surface area contributed by atoms with E-state index in [1.165, 1.54) is 11.5 Å². The quantitative estimate of drug-likeness (QED) is 0.512. The first-order chi connectivity index (χ1) is 5.33. The molecule has 0 aliphatic rings. The lowest BCUT2D eigenvalue weighted by Crippen LogP contribution is -1.79. The third-order valence-corrected chi connectivity index (χ3v) is 1.84. The van der Waals surface area contributed by atoms with Crippen molar-refractivity contribution < 1.29 is 4.84 Å². The lowest BCUT2D eigenvalue weighted by Gasteiger charge is -1.87. The van der Waals surface area contributed by atoms with Crippen LogP contribution in [0.1, 0.15) is 17.5 Å². The minimum absolute atomic E-state index is 0.605. The summed E-state index contributed by atoms with van der Waals surface area (Å²) in [5, 5.41) is 3.72. The summed E-state index contributed by atoms with van der Waals surface area (Å²) in [5.41, 5.74) is 1.02. The Morgan fingerprint density at radius 2 is 2.64 bits per heavy atom. The zero-order chi connectivity index (χ0) is 8.10. The van der Waals surface area contributed by atoms with Crippen LogP contribution in [0.5, 0.6) is 0 Å². The molecule has 0 amide bonds. The highest BCUT2D eigenvalue weighted by atomic mass is 32.1. The molecular weight excluding hydrogens is 160 g/mol. The molecule has 0 aromatic carbocycles. The number of nitrogens with zero attached hydrogens (tertiary/aromatic N) is 2. The Balaban J connectivity index is 2.50. The van der Waals surface area contributed by atoms with Gasteiger partial charge in [-0.2, -0.15) is 4.37 Å². The second-order valence-electron chi connectivity index (χ2n) is 2.02. The van der Waals surface area contributed by atoms with Crippen LogP contribution in [0.3, 0.4) is 0 Å². The van der Waals surface area contributed by atoms with E-state index in [4.69, 9.17) is 4.84 Å². The average molecular weight is 170 g/mol. The summed E-state index contributed by atoms with van der Waals surface area (Å²) in [5.74, 6) is 0. The van der Waals surface area contributed by atoms with Gasteiger partial charge in [0, 0.05) is 0 Å². The Hall–Kier alpha value is -0.900. The van der Waals surface area contributed by atoms with Crippen LogP contribution >= 0.6 is 11.5 Å². The molecule has 0 N–H and O–H groups in total. The molecule has 1 heterocycles. The Morgan fingerprint density at radius 3 is 3.18 bits per heavy atom. The fourth-order valence-electron chi connectivity index (χ4n) is 0.608. The summed E-state index contributed by atoms with van der Waals surface area (Å²) < 4.78 is 4.09. The highest BCUT2D eigenvalue weighted by molar-refractivity contribution is 7.07. The van der Waals surface area contributed by atoms with Gasteiger partial charge in [0.15, 0.2) is 0 Å². The minimum Gasteiger partial charge on any atom is -0.396 e. The van der Waals surface area contributed by atoms with Gasteiger partial charge in [0.1, 0.15) is 6.61 Å². The highest BCUT2D eigenvalue weighted by Gasteiger charge is 1.92. The van der Waals surface area contributed by atoms with Crippen LogP contribution in [-0.4, -0.2) is 17.2 Å². The van der Waals surface area contributed by atoms with Gasteiger partial charge >= 0.3 is 0 Å². The minimum atomic E-state index is 0.605. The monoisotopic (exact) mass is 170 g/mol. The summed E-state index contributed by atoms with van der Waals surface area (Å²) in [6.07, 6.45) is 1.67. The fourth-order valence-corrected chi connectivity index (χ4v) is 1.22. The maximum atomic E-state index is 4.80. The predicted octanol–water partition coefficient (Wildman–Crippen LogP) is 1.82. The normalized spacial score (nSPS) is 10.7. The molecule has 0 aliphatic carbocycles. The van der Waals surface area contributed by atoms with Crippen LogP contribution in [0.2, 0.25) is 0 Å². The molecule has 0 saturated heterocycles. The van der Waals surface area contributed by atoms with Gasteiger partial charge in [-0.15, -0.1) is 0 Å². The van der Waals surface area contributed by atoms with Gasteiger partial charge in [-0.3, -0.25) is 0 Å². The summed E-state index contributed by atoms with van der Waals surface area (Å²) in [6, 6.07) is 1.97. The first kappa shape index (κ1) is 8.20. The standard InChI is InChI=1S/C7H10N2OS/c1-3-10-8-5-7-4-6(2)9-11-7/h4-5H,3H2,1-2H3/b8-5+. The first-order valence-corrected chi connectivity index (χ1v) is 4.19. The third-order valence-electron chi connectivity index (χ3n) is 1.03. The molecule has 3 nitrogen and oxygen atoms in total. The van der Waals surface area contributed by atoms with E-state index >= 15 is 0 Å². The van der Waals surface area contributed by atoms with Crippen molar-refractivity contribution in [1.29, 1.82) is 0 Å². The van der Waals surface area contributed by atoms with E-state index in [2.05, 4.69) is 9.53 Å². The number of hydrogen-bond donors (Lipinski definition) is 0. The Bertz CT molecular complexity index is 244. The van der Waals surface area contributed by atoms with E-state index in [0.29, 0.717) is 6.61 Å². The summed E-state index contributed by atoms with van der Waals surface area (Å²) in [7, 11) is 0. The second kappa shape index (κ2) is 4.08. The molecule has 0 saturated carbocycles. The maximum Gasteiger partial charge on any atom is 0.114 e. The van der Waals surface area contributed by atoms with Gasteiger partial charge in [-0.05, 0) is 31.4 Å². The molecule has 0 radical (unpaired) electrons. The van der Waals surface area contributed by atoms with Gasteiger partial charge in [-0.1, -0.05) is 5.16 Å². The summed E-state index contributed by atoms with van der Waals surface area (Å²) >= 11 is 1.42. The van der Waals surface area contributed by atoms with E-state index in [-0.39, 0.29) is 0 Å². The number of aromatic nitrogens is 1. The number of oxime groups is 1. The molecule has 1 aromatic heterocycles. The van der Waals surface area contributed by atoms with Crippen molar-refractivity contribution in [3.8, 4) is 0 Å². The van der Waals surface area contributed by atoms with Crippen molar-refractivity contribution >= 4 is 17.7 Å². The largest absolute Gasteiger partial charge is 0.396 e. The molecule has 0 atom stereocenters. The number of rotatable bonds is 3. The van der Waals surface area contributed by atoms with Crippen LogP contribution in [0.25, 0.3) is 0 Å². The maximum absolute atomic E-state index is 4.80. The van der Waals surface area contributed by atoms with Crippen LogP contribution in [0, 0.1) is 6.92 Å². The molecule has 1 rings (SSSR count). The van der Waals surface area contributed by atoms with Crippen LogP contribution in [-0.2, 0) is 4.84 Å². The molecule has 0 bridgehead atoms. The highest BCUT2D eigenvalue weighted by Crippen LogP contribution is 2.05. The molecule has 1 aromatic rings. The van der Waals surface area contributed by atoms with Crippen molar-refractivity contribution in [3.63, 3.8) is 0 Å². The number of hydrogen-bond acceptors (Lipinski definition) is 4. The van der Waals surface area contributed by atoms with E-state index < -0.39 is 0 Å². The van der Waals surface area contributed by atoms with Crippen molar-refractivity contribution in [2.45, 2.75) is 13.8 Å². The zero-order valence-corrected chi connectivity index (χ0v) is 7.39. The molecule has 4 heteroatoms. The van der Waals surface area contributed by atoms with Crippen LogP contribution in [0.15, 0.2) is 11.2 Å². The molecular formula is C7H10N2OS. The van der Waals surface area contributed by atoms with Gasteiger partial charge in [0.05, 0.1) is 16.8 Å². The van der Waals surface area contributed by atoms with Gasteiger partial charge in [-0.25, -0.2) is 0 Å². The fraction of sp³-hybridized carbons (Fsp3) is 0.429. The topological polar surface area (TPSA) is 34.5 Å². The van der Waals surface area contributed by atoms with E-state index in [9.17, 15) is 0 Å². The van der Waals surface area contributed by atoms with E-state index in [0.717, 1.165) is 10.6 Å². The lowest BCUT2D eigenvalue weighted by atomic mass is 10.4. The van der Waals surface area contributed by atoms with Gasteiger partial charge in [0.25, 0.3) is 0 Å². The molecule has 0 fully saturated rings. The lowest BCUT2D eigenvalue weighted by molar-refractivity contribution is 0.160. The average Bonchev–Trinajstić information content (AvgIpc) is 2.37. The third kappa shape index (κ3) is 2.67. The summed E-state index contributed by atoms with van der Waals surface area (Å²) in [6.45, 7) is 4.46. The van der Waals surface area contributed by atoms with Crippen molar-refractivity contribution in [2.24, 2.45) is 5.16 Å². The van der Waals surface area contributed by atoms with Crippen molar-refractivity contribution in [3.05, 3.63) is 16.6 Å².